The molecule has 0 saturated carbocycles. The first-order valence-corrected chi connectivity index (χ1v) is 10.8. The third-order valence-electron chi connectivity index (χ3n) is 4.76. The first-order valence-electron chi connectivity index (χ1n) is 10.8. The number of benzene rings is 1. The Morgan fingerprint density at radius 1 is 0.815 bits per heavy atom. The average Bonchev–Trinajstić information content (AvgIpc) is 2.68. The molecule has 27 heavy (non-hydrogen) atoms. The molecule has 0 aliphatic heterocycles. The summed E-state index contributed by atoms with van der Waals surface area (Å²) in [6.07, 6.45) is 15.5. The van der Waals surface area contributed by atoms with Gasteiger partial charge in [-0.2, -0.15) is 0 Å². The van der Waals surface area contributed by atoms with Crippen LogP contribution in [0.25, 0.3) is 0 Å². The average molecular weight is 374 g/mol. The maximum atomic E-state index is 11.3. The Morgan fingerprint density at radius 3 is 1.81 bits per heavy atom. The fourth-order valence-electron chi connectivity index (χ4n) is 3.05. The molecule has 0 radical (unpaired) electrons. The first-order chi connectivity index (χ1) is 13.2. The van der Waals surface area contributed by atoms with Crippen LogP contribution in [0.1, 0.15) is 84.0 Å². The molecule has 0 heterocycles. The van der Waals surface area contributed by atoms with Crippen LogP contribution >= 0.6 is 0 Å². The zero-order valence-electron chi connectivity index (χ0n) is 17.3. The van der Waals surface area contributed by atoms with Gasteiger partial charge in [0.15, 0.2) is 0 Å². The van der Waals surface area contributed by atoms with Gasteiger partial charge in [-0.15, -0.1) is 0 Å². The quantitative estimate of drug-likeness (QED) is 0.252. The highest BCUT2D eigenvalue weighted by atomic mass is 16.5. The molecule has 1 amide bonds. The lowest BCUT2D eigenvalue weighted by molar-refractivity contribution is -0.117. The molecule has 152 valence electrons. The van der Waals surface area contributed by atoms with E-state index in [1.54, 1.807) is 6.92 Å². The van der Waals surface area contributed by atoms with Crippen molar-refractivity contribution >= 4 is 5.91 Å². The summed E-state index contributed by atoms with van der Waals surface area (Å²) < 4.78 is 5.71. The van der Waals surface area contributed by atoms with Gasteiger partial charge in [-0.3, -0.25) is 4.79 Å². The highest BCUT2D eigenvalue weighted by Gasteiger charge is 1.99. The molecule has 1 rings (SSSR count). The van der Waals surface area contributed by atoms with Crippen molar-refractivity contribution in [2.24, 2.45) is 0 Å². The van der Waals surface area contributed by atoms with E-state index in [0.717, 1.165) is 31.7 Å². The van der Waals surface area contributed by atoms with E-state index in [2.05, 4.69) is 11.9 Å². The minimum atomic E-state index is -0.0151. The van der Waals surface area contributed by atoms with Crippen molar-refractivity contribution in [1.29, 1.82) is 0 Å². The van der Waals surface area contributed by atoms with Gasteiger partial charge in [-0.1, -0.05) is 89.0 Å². The third-order valence-corrected chi connectivity index (χ3v) is 4.76. The van der Waals surface area contributed by atoms with Gasteiger partial charge in [0.1, 0.15) is 5.75 Å². The summed E-state index contributed by atoms with van der Waals surface area (Å²) >= 11 is 0. The minimum Gasteiger partial charge on any atom is -0.494 e. The molecule has 0 aliphatic rings. The molecule has 0 atom stereocenters. The highest BCUT2D eigenvalue weighted by molar-refractivity contribution is 5.91. The Balaban J connectivity index is 1.73. The summed E-state index contributed by atoms with van der Waals surface area (Å²) in [5.74, 6) is 0.966. The predicted octanol–water partition coefficient (Wildman–Crippen LogP) is 6.44. The number of para-hydroxylation sites is 1. The summed E-state index contributed by atoms with van der Waals surface area (Å²) in [5.41, 5.74) is 0.593. The molecular weight excluding hydrogens is 334 g/mol. The molecule has 0 fully saturated rings. The molecule has 0 bridgehead atoms. The number of ether oxygens (including phenoxy) is 1. The molecule has 0 unspecified atom stereocenters. The van der Waals surface area contributed by atoms with Gasteiger partial charge in [0.05, 0.1) is 6.61 Å². The van der Waals surface area contributed by atoms with Crippen LogP contribution in [0.2, 0.25) is 0 Å². The Morgan fingerprint density at radius 2 is 1.30 bits per heavy atom. The lowest BCUT2D eigenvalue weighted by Crippen LogP contribution is -2.24. The second kappa shape index (κ2) is 16.4. The van der Waals surface area contributed by atoms with E-state index < -0.39 is 0 Å². The van der Waals surface area contributed by atoms with Crippen LogP contribution in [-0.2, 0) is 4.79 Å². The Hall–Kier alpha value is -1.77. The lowest BCUT2D eigenvalue weighted by atomic mass is 10.1. The smallest absolute Gasteiger partial charge is 0.246 e. The maximum Gasteiger partial charge on any atom is 0.246 e. The van der Waals surface area contributed by atoms with Crippen molar-refractivity contribution in [3.8, 4) is 5.75 Å². The van der Waals surface area contributed by atoms with Gasteiger partial charge in [0, 0.05) is 12.1 Å². The fourth-order valence-corrected chi connectivity index (χ4v) is 3.05. The summed E-state index contributed by atoms with van der Waals surface area (Å²) in [7, 11) is 0. The van der Waals surface area contributed by atoms with Crippen molar-refractivity contribution < 1.29 is 9.53 Å². The highest BCUT2D eigenvalue weighted by Crippen LogP contribution is 2.13. The van der Waals surface area contributed by atoms with E-state index in [0.29, 0.717) is 5.57 Å². The van der Waals surface area contributed by atoms with Gasteiger partial charge in [-0.25, -0.2) is 0 Å². The van der Waals surface area contributed by atoms with E-state index in [-0.39, 0.29) is 5.91 Å². The normalized spacial score (nSPS) is 10.6. The van der Waals surface area contributed by atoms with E-state index in [1.165, 1.54) is 64.2 Å². The number of carbonyl (C=O) groups excluding carboxylic acids is 1. The topological polar surface area (TPSA) is 38.3 Å². The number of hydrogen-bond acceptors (Lipinski definition) is 2. The SMILES string of the molecule is C=C(C)C(=O)NCCCCCCCCCCCCCCOc1ccccc1. The molecule has 0 spiro atoms. The van der Waals surface area contributed by atoms with E-state index in [1.807, 2.05) is 30.3 Å². The molecule has 0 aliphatic carbocycles. The lowest BCUT2D eigenvalue weighted by Gasteiger charge is -2.06. The number of hydrogen-bond donors (Lipinski definition) is 1. The number of rotatable bonds is 17. The predicted molar refractivity (Wildman–Crippen MR) is 115 cm³/mol. The Kier molecular flexibility index (Phi) is 14.1. The molecular formula is C24H39NO2. The number of carbonyl (C=O) groups is 1. The first kappa shape index (κ1) is 23.3. The molecule has 0 aromatic heterocycles. The van der Waals surface area contributed by atoms with Crippen LogP contribution in [-0.4, -0.2) is 19.1 Å². The molecule has 3 nitrogen and oxygen atoms in total. The van der Waals surface area contributed by atoms with Crippen molar-refractivity contribution in [3.05, 3.63) is 42.5 Å². The maximum absolute atomic E-state index is 11.3. The number of unbranched alkanes of at least 4 members (excludes halogenated alkanes) is 11. The van der Waals surface area contributed by atoms with Gasteiger partial charge in [-0.05, 0) is 31.9 Å². The third kappa shape index (κ3) is 14.0. The summed E-state index contributed by atoms with van der Waals surface area (Å²) in [6.45, 7) is 7.00. The number of nitrogens with one attached hydrogen (secondary N) is 1. The Bertz CT molecular complexity index is 498. The van der Waals surface area contributed by atoms with Crippen molar-refractivity contribution in [1.82, 2.24) is 5.32 Å². The van der Waals surface area contributed by atoms with Crippen molar-refractivity contribution in [2.45, 2.75) is 84.0 Å². The minimum absolute atomic E-state index is 0.0151. The van der Waals surface area contributed by atoms with Crippen LogP contribution in [0.4, 0.5) is 0 Å². The zero-order valence-corrected chi connectivity index (χ0v) is 17.3. The van der Waals surface area contributed by atoms with E-state index >= 15 is 0 Å². The van der Waals surface area contributed by atoms with Crippen LogP contribution in [0, 0.1) is 0 Å². The summed E-state index contributed by atoms with van der Waals surface area (Å²) in [5, 5.41) is 2.89. The molecule has 0 saturated heterocycles. The van der Waals surface area contributed by atoms with Gasteiger partial charge >= 0.3 is 0 Å². The van der Waals surface area contributed by atoms with Crippen LogP contribution in [0.15, 0.2) is 42.5 Å². The van der Waals surface area contributed by atoms with Crippen molar-refractivity contribution in [3.63, 3.8) is 0 Å². The largest absolute Gasteiger partial charge is 0.494 e. The van der Waals surface area contributed by atoms with Crippen LogP contribution in [0.5, 0.6) is 5.75 Å². The molecule has 1 aromatic rings. The molecule has 1 aromatic carbocycles. The van der Waals surface area contributed by atoms with Gasteiger partial charge in [0.25, 0.3) is 0 Å². The monoisotopic (exact) mass is 373 g/mol. The standard InChI is InChI=1S/C24H39NO2/c1-22(2)24(26)25-20-16-11-9-7-5-3-4-6-8-10-12-17-21-27-23-18-14-13-15-19-23/h13-15,18-19H,1,3-12,16-17,20-21H2,2H3,(H,25,26). The van der Waals surface area contributed by atoms with E-state index in [9.17, 15) is 4.79 Å². The van der Waals surface area contributed by atoms with Gasteiger partial charge < -0.3 is 10.1 Å². The second-order valence-corrected chi connectivity index (χ2v) is 7.44. The molecule has 3 heteroatoms. The number of amides is 1. The molecule has 1 N–H and O–H groups in total. The van der Waals surface area contributed by atoms with Crippen molar-refractivity contribution in [2.75, 3.05) is 13.2 Å². The summed E-state index contributed by atoms with van der Waals surface area (Å²) in [4.78, 5) is 11.3. The van der Waals surface area contributed by atoms with E-state index in [4.69, 9.17) is 4.74 Å². The van der Waals surface area contributed by atoms with Crippen LogP contribution < -0.4 is 10.1 Å². The zero-order chi connectivity index (χ0) is 19.6. The fraction of sp³-hybridized carbons (Fsp3) is 0.625. The van der Waals surface area contributed by atoms with Crippen LogP contribution in [0.3, 0.4) is 0 Å². The second-order valence-electron chi connectivity index (χ2n) is 7.44. The van der Waals surface area contributed by atoms with Gasteiger partial charge in [0.2, 0.25) is 5.91 Å². The summed E-state index contributed by atoms with van der Waals surface area (Å²) in [6, 6.07) is 10.1. The Labute approximate surface area is 166 Å².